The second-order valence-corrected chi connectivity index (χ2v) is 6.53. The fourth-order valence-electron chi connectivity index (χ4n) is 3.20. The van der Waals surface area contributed by atoms with Crippen LogP contribution >= 0.6 is 0 Å². The lowest BCUT2D eigenvalue weighted by Gasteiger charge is -2.35. The number of nitriles is 1. The van der Waals surface area contributed by atoms with Crippen molar-refractivity contribution in [3.05, 3.63) is 70.5 Å². The molecule has 3 rings (SSSR count). The lowest BCUT2D eigenvalue weighted by Crippen LogP contribution is -2.48. The first-order valence-electron chi connectivity index (χ1n) is 8.66. The van der Waals surface area contributed by atoms with Gasteiger partial charge in [-0.15, -0.1) is 0 Å². The van der Waals surface area contributed by atoms with Gasteiger partial charge in [0.25, 0.3) is 5.91 Å². The molecular formula is C20H17F4N3O. The van der Waals surface area contributed by atoms with Gasteiger partial charge in [-0.2, -0.15) is 18.4 Å². The van der Waals surface area contributed by atoms with Gasteiger partial charge in [-0.25, -0.2) is 4.39 Å². The van der Waals surface area contributed by atoms with Crippen molar-refractivity contribution < 1.29 is 22.4 Å². The maximum Gasteiger partial charge on any atom is 0.417 e. The topological polar surface area (TPSA) is 47.3 Å². The van der Waals surface area contributed by atoms with Gasteiger partial charge >= 0.3 is 6.18 Å². The largest absolute Gasteiger partial charge is 0.417 e. The van der Waals surface area contributed by atoms with Gasteiger partial charge in [-0.1, -0.05) is 12.1 Å². The minimum Gasteiger partial charge on any atom is -0.336 e. The Hall–Kier alpha value is -2.92. The molecule has 8 heteroatoms. The number of nitrogens with zero attached hydrogens (tertiary/aromatic N) is 3. The molecule has 0 atom stereocenters. The van der Waals surface area contributed by atoms with Gasteiger partial charge in [0.1, 0.15) is 5.82 Å². The number of carbonyl (C=O) groups excluding carboxylic acids is 1. The number of rotatable bonds is 3. The van der Waals surface area contributed by atoms with E-state index in [9.17, 15) is 22.4 Å². The van der Waals surface area contributed by atoms with Crippen molar-refractivity contribution in [3.8, 4) is 6.07 Å². The molecular weight excluding hydrogens is 374 g/mol. The maximum absolute atomic E-state index is 13.9. The zero-order chi connectivity index (χ0) is 20.3. The van der Waals surface area contributed by atoms with Gasteiger partial charge in [0.05, 0.1) is 22.8 Å². The number of carbonyl (C=O) groups is 1. The lowest BCUT2D eigenvalue weighted by atomic mass is 10.1. The van der Waals surface area contributed by atoms with E-state index < -0.39 is 23.5 Å². The van der Waals surface area contributed by atoms with Gasteiger partial charge in [0, 0.05) is 38.3 Å². The summed E-state index contributed by atoms with van der Waals surface area (Å²) in [6.07, 6.45) is -4.60. The van der Waals surface area contributed by atoms with Crippen molar-refractivity contribution in [2.24, 2.45) is 0 Å². The molecule has 0 aliphatic carbocycles. The molecule has 0 aromatic heterocycles. The molecule has 1 heterocycles. The van der Waals surface area contributed by atoms with Crippen LogP contribution in [0.1, 0.15) is 27.0 Å². The van der Waals surface area contributed by atoms with Crippen molar-refractivity contribution >= 4 is 5.91 Å². The third-order valence-electron chi connectivity index (χ3n) is 4.69. The summed E-state index contributed by atoms with van der Waals surface area (Å²) in [6.45, 7) is 1.55. The summed E-state index contributed by atoms with van der Waals surface area (Å²) in [7, 11) is 0. The highest BCUT2D eigenvalue weighted by Gasteiger charge is 2.36. The van der Waals surface area contributed by atoms with Crippen LogP contribution in [0.25, 0.3) is 0 Å². The molecule has 1 aliphatic rings. The Morgan fingerprint density at radius 3 is 2.39 bits per heavy atom. The minimum absolute atomic E-state index is 0.241. The van der Waals surface area contributed by atoms with Crippen LogP contribution in [0.4, 0.5) is 17.6 Å². The first kappa shape index (κ1) is 19.8. The molecule has 1 fully saturated rings. The second-order valence-electron chi connectivity index (χ2n) is 6.53. The van der Waals surface area contributed by atoms with Crippen molar-refractivity contribution in [2.75, 3.05) is 26.2 Å². The molecule has 0 radical (unpaired) electrons. The molecule has 2 aromatic carbocycles. The fourth-order valence-corrected chi connectivity index (χ4v) is 3.20. The number of hydrogen-bond donors (Lipinski definition) is 0. The Labute approximate surface area is 159 Å². The summed E-state index contributed by atoms with van der Waals surface area (Å²) in [5.41, 5.74) is -0.579. The van der Waals surface area contributed by atoms with Crippen LogP contribution in [0.15, 0.2) is 42.5 Å². The van der Waals surface area contributed by atoms with E-state index in [2.05, 4.69) is 0 Å². The van der Waals surface area contributed by atoms with Crippen LogP contribution in [-0.4, -0.2) is 41.9 Å². The normalized spacial score (nSPS) is 15.3. The SMILES string of the molecule is N#Cc1ccc(F)c(CN2CCN(C(=O)c3ccccc3C(F)(F)F)CC2)c1. The fraction of sp³-hybridized carbons (Fsp3) is 0.300. The summed E-state index contributed by atoms with van der Waals surface area (Å²) in [4.78, 5) is 15.9. The predicted molar refractivity (Wildman–Crippen MR) is 93.7 cm³/mol. The molecule has 0 saturated carbocycles. The Morgan fingerprint density at radius 2 is 1.75 bits per heavy atom. The van der Waals surface area contributed by atoms with E-state index >= 15 is 0 Å². The average molecular weight is 391 g/mol. The molecule has 0 N–H and O–H groups in total. The smallest absolute Gasteiger partial charge is 0.336 e. The Morgan fingerprint density at radius 1 is 1.07 bits per heavy atom. The van der Waals surface area contributed by atoms with Crippen LogP contribution < -0.4 is 0 Å². The number of benzene rings is 2. The van der Waals surface area contributed by atoms with E-state index in [0.29, 0.717) is 24.2 Å². The third-order valence-corrected chi connectivity index (χ3v) is 4.69. The second kappa shape index (κ2) is 7.98. The van der Waals surface area contributed by atoms with E-state index in [-0.39, 0.29) is 25.2 Å². The van der Waals surface area contributed by atoms with Crippen molar-refractivity contribution in [2.45, 2.75) is 12.7 Å². The van der Waals surface area contributed by atoms with Gasteiger partial charge in [0.2, 0.25) is 0 Å². The Bertz CT molecular complexity index is 912. The molecule has 28 heavy (non-hydrogen) atoms. The Balaban J connectivity index is 1.67. The quantitative estimate of drug-likeness (QED) is 0.750. The van der Waals surface area contributed by atoms with Gasteiger partial charge in [0.15, 0.2) is 0 Å². The van der Waals surface area contributed by atoms with Crippen LogP contribution in [0.2, 0.25) is 0 Å². The van der Waals surface area contributed by atoms with Gasteiger partial charge in [-0.05, 0) is 30.3 Å². The molecule has 0 bridgehead atoms. The van der Waals surface area contributed by atoms with Crippen LogP contribution in [-0.2, 0) is 12.7 Å². The standard InChI is InChI=1S/C20H17F4N3O/c21-18-6-5-14(12-25)11-15(18)13-26-7-9-27(10-8-26)19(28)16-3-1-2-4-17(16)20(22,23)24/h1-6,11H,7-10,13H2. The lowest BCUT2D eigenvalue weighted by molar-refractivity contribution is -0.138. The summed E-state index contributed by atoms with van der Waals surface area (Å²) in [5, 5.41) is 8.93. The van der Waals surface area contributed by atoms with E-state index in [1.165, 1.54) is 41.3 Å². The molecule has 146 valence electrons. The zero-order valence-corrected chi connectivity index (χ0v) is 14.8. The molecule has 2 aromatic rings. The van der Waals surface area contributed by atoms with E-state index in [1.54, 1.807) is 0 Å². The number of alkyl halides is 3. The Kier molecular flexibility index (Phi) is 5.66. The van der Waals surface area contributed by atoms with Crippen LogP contribution in [0.3, 0.4) is 0 Å². The minimum atomic E-state index is -4.60. The van der Waals surface area contributed by atoms with Crippen molar-refractivity contribution in [1.29, 1.82) is 5.26 Å². The van der Waals surface area contributed by atoms with Crippen molar-refractivity contribution in [1.82, 2.24) is 9.80 Å². The summed E-state index contributed by atoms with van der Waals surface area (Å²) < 4.78 is 53.4. The van der Waals surface area contributed by atoms with E-state index in [1.807, 2.05) is 11.0 Å². The highest BCUT2D eigenvalue weighted by atomic mass is 19.4. The van der Waals surface area contributed by atoms with E-state index in [0.717, 1.165) is 6.07 Å². The number of hydrogen-bond acceptors (Lipinski definition) is 3. The third kappa shape index (κ3) is 4.31. The summed E-state index contributed by atoms with van der Waals surface area (Å²) in [6, 6.07) is 10.8. The monoisotopic (exact) mass is 391 g/mol. The first-order chi connectivity index (χ1) is 13.3. The molecule has 1 saturated heterocycles. The predicted octanol–water partition coefficient (Wildman–Crippen LogP) is 3.67. The number of halogens is 4. The molecule has 4 nitrogen and oxygen atoms in total. The van der Waals surface area contributed by atoms with Crippen molar-refractivity contribution in [3.63, 3.8) is 0 Å². The van der Waals surface area contributed by atoms with Gasteiger partial charge < -0.3 is 4.90 Å². The van der Waals surface area contributed by atoms with Gasteiger partial charge in [-0.3, -0.25) is 9.69 Å². The highest BCUT2D eigenvalue weighted by Crippen LogP contribution is 2.32. The zero-order valence-electron chi connectivity index (χ0n) is 14.8. The van der Waals surface area contributed by atoms with Crippen LogP contribution in [0.5, 0.6) is 0 Å². The average Bonchev–Trinajstić information content (AvgIpc) is 2.69. The highest BCUT2D eigenvalue weighted by molar-refractivity contribution is 5.96. The van der Waals surface area contributed by atoms with Crippen LogP contribution in [0, 0.1) is 17.1 Å². The number of amides is 1. The number of piperazine rings is 1. The maximum atomic E-state index is 13.9. The molecule has 1 amide bonds. The van der Waals surface area contributed by atoms with E-state index in [4.69, 9.17) is 5.26 Å². The summed E-state index contributed by atoms with van der Waals surface area (Å²) in [5.74, 6) is -1.08. The molecule has 1 aliphatic heterocycles. The molecule has 0 spiro atoms. The molecule has 0 unspecified atom stereocenters. The summed E-state index contributed by atoms with van der Waals surface area (Å²) >= 11 is 0. The first-order valence-corrected chi connectivity index (χ1v) is 8.66.